The number of nitrogens with two attached hydrogens (primary N) is 1. The summed E-state index contributed by atoms with van der Waals surface area (Å²) in [6.45, 7) is 1.94. The van der Waals surface area contributed by atoms with Gasteiger partial charge in [0, 0.05) is 5.69 Å². The summed E-state index contributed by atoms with van der Waals surface area (Å²) in [5.74, 6) is -0.651. The number of rotatable bonds is 3. The second kappa shape index (κ2) is 5.30. The van der Waals surface area contributed by atoms with Crippen molar-refractivity contribution in [3.8, 4) is 0 Å². The van der Waals surface area contributed by atoms with Gasteiger partial charge in [-0.15, -0.1) is 0 Å². The van der Waals surface area contributed by atoms with E-state index in [2.05, 4.69) is 25.0 Å². The summed E-state index contributed by atoms with van der Waals surface area (Å²) < 4.78 is 4.55. The number of aromatic nitrogens is 3. The smallest absolute Gasteiger partial charge is 0.376 e. The van der Waals surface area contributed by atoms with Crippen LogP contribution in [-0.4, -0.2) is 28.0 Å². The molecule has 19 heavy (non-hydrogen) atoms. The summed E-state index contributed by atoms with van der Waals surface area (Å²) in [7, 11) is 1.25. The molecular formula is C12H13N5O2. The Morgan fingerprint density at radius 3 is 2.68 bits per heavy atom. The van der Waals surface area contributed by atoms with Gasteiger partial charge in [-0.1, -0.05) is 18.2 Å². The van der Waals surface area contributed by atoms with Crippen LogP contribution in [-0.2, 0) is 4.74 Å². The lowest BCUT2D eigenvalue weighted by Gasteiger charge is -2.08. The number of carbonyl (C=O) groups is 1. The molecule has 0 saturated heterocycles. The molecule has 1 heterocycles. The molecule has 0 fully saturated rings. The molecule has 0 unspecified atom stereocenters. The summed E-state index contributed by atoms with van der Waals surface area (Å²) in [4.78, 5) is 23.0. The fourth-order valence-electron chi connectivity index (χ4n) is 1.46. The van der Waals surface area contributed by atoms with Crippen LogP contribution >= 0.6 is 0 Å². The quantitative estimate of drug-likeness (QED) is 0.800. The minimum atomic E-state index is -0.665. The van der Waals surface area contributed by atoms with Crippen LogP contribution in [0.2, 0.25) is 0 Å². The van der Waals surface area contributed by atoms with Gasteiger partial charge in [0.05, 0.1) is 7.11 Å². The standard InChI is InChI=1S/C12H13N5O2/c1-7-5-3-4-6-8(7)14-12-16-9(10(18)19-2)15-11(13)17-12/h3-6H,1-2H3,(H3,13,14,15,16,17). The molecular weight excluding hydrogens is 246 g/mol. The highest BCUT2D eigenvalue weighted by Gasteiger charge is 2.13. The first-order chi connectivity index (χ1) is 9.10. The monoisotopic (exact) mass is 259 g/mol. The van der Waals surface area contributed by atoms with Crippen molar-refractivity contribution >= 4 is 23.6 Å². The molecule has 7 heteroatoms. The zero-order valence-corrected chi connectivity index (χ0v) is 10.5. The van der Waals surface area contributed by atoms with E-state index in [1.54, 1.807) is 0 Å². The third-order valence-corrected chi connectivity index (χ3v) is 2.41. The van der Waals surface area contributed by atoms with Gasteiger partial charge in [0.25, 0.3) is 0 Å². The highest BCUT2D eigenvalue weighted by Crippen LogP contribution is 2.17. The fraction of sp³-hybridized carbons (Fsp3) is 0.167. The van der Waals surface area contributed by atoms with E-state index in [0.717, 1.165) is 11.3 Å². The molecule has 0 saturated carbocycles. The number of carbonyl (C=O) groups excluding carboxylic acids is 1. The lowest BCUT2D eigenvalue weighted by molar-refractivity contribution is 0.0586. The van der Waals surface area contributed by atoms with Crippen molar-refractivity contribution in [3.63, 3.8) is 0 Å². The lowest BCUT2D eigenvalue weighted by atomic mass is 10.2. The van der Waals surface area contributed by atoms with Crippen molar-refractivity contribution in [1.82, 2.24) is 15.0 Å². The SMILES string of the molecule is COC(=O)c1nc(N)nc(Nc2ccccc2C)n1. The van der Waals surface area contributed by atoms with Gasteiger partial charge in [-0.2, -0.15) is 15.0 Å². The summed E-state index contributed by atoms with van der Waals surface area (Å²) in [5.41, 5.74) is 7.37. The molecule has 98 valence electrons. The first kappa shape index (κ1) is 12.7. The molecule has 0 atom stereocenters. The van der Waals surface area contributed by atoms with E-state index in [9.17, 15) is 4.79 Å². The number of nitrogens with zero attached hydrogens (tertiary/aromatic N) is 3. The van der Waals surface area contributed by atoms with Gasteiger partial charge in [0.15, 0.2) is 0 Å². The number of aryl methyl sites for hydroxylation is 1. The molecule has 2 aromatic rings. The Bertz CT molecular complexity index is 615. The maximum absolute atomic E-state index is 11.4. The number of nitrogens with one attached hydrogen (secondary N) is 1. The summed E-state index contributed by atoms with van der Waals surface area (Å²) in [5, 5.41) is 2.98. The van der Waals surface area contributed by atoms with E-state index in [1.807, 2.05) is 31.2 Å². The van der Waals surface area contributed by atoms with Gasteiger partial charge in [-0.3, -0.25) is 0 Å². The second-order valence-electron chi connectivity index (χ2n) is 3.77. The average molecular weight is 259 g/mol. The van der Waals surface area contributed by atoms with Gasteiger partial charge in [-0.25, -0.2) is 4.79 Å². The van der Waals surface area contributed by atoms with E-state index in [4.69, 9.17) is 5.73 Å². The predicted molar refractivity (Wildman–Crippen MR) is 70.0 cm³/mol. The number of para-hydroxylation sites is 1. The number of methoxy groups -OCH3 is 1. The molecule has 0 spiro atoms. The number of anilines is 3. The minimum absolute atomic E-state index is 0.0496. The van der Waals surface area contributed by atoms with Crippen molar-refractivity contribution in [2.24, 2.45) is 0 Å². The molecule has 0 aliphatic carbocycles. The molecule has 0 aliphatic heterocycles. The fourth-order valence-corrected chi connectivity index (χ4v) is 1.46. The number of benzene rings is 1. The van der Waals surface area contributed by atoms with Crippen LogP contribution in [0.3, 0.4) is 0 Å². The third kappa shape index (κ3) is 2.95. The number of ether oxygens (including phenoxy) is 1. The Hall–Kier alpha value is -2.70. The molecule has 1 aromatic carbocycles. The average Bonchev–Trinajstić information content (AvgIpc) is 2.40. The van der Waals surface area contributed by atoms with Gasteiger partial charge in [0.1, 0.15) is 0 Å². The number of hydrogen-bond donors (Lipinski definition) is 2. The highest BCUT2D eigenvalue weighted by atomic mass is 16.5. The van der Waals surface area contributed by atoms with Crippen LogP contribution in [0.15, 0.2) is 24.3 Å². The van der Waals surface area contributed by atoms with E-state index in [1.165, 1.54) is 7.11 Å². The zero-order chi connectivity index (χ0) is 13.8. The Kier molecular flexibility index (Phi) is 3.56. The predicted octanol–water partition coefficient (Wildman–Crippen LogP) is 1.29. The number of esters is 1. The first-order valence-electron chi connectivity index (χ1n) is 5.52. The van der Waals surface area contributed by atoms with E-state index in [-0.39, 0.29) is 17.7 Å². The molecule has 0 aliphatic rings. The zero-order valence-electron chi connectivity index (χ0n) is 10.5. The molecule has 1 aromatic heterocycles. The third-order valence-electron chi connectivity index (χ3n) is 2.41. The molecule has 2 rings (SSSR count). The number of nitrogen functional groups attached to an aromatic ring is 1. The first-order valence-corrected chi connectivity index (χ1v) is 5.52. The topological polar surface area (TPSA) is 103 Å². The number of hydrogen-bond acceptors (Lipinski definition) is 7. The van der Waals surface area contributed by atoms with E-state index in [0.29, 0.717) is 0 Å². The summed E-state index contributed by atoms with van der Waals surface area (Å²) in [6.07, 6.45) is 0. The second-order valence-corrected chi connectivity index (χ2v) is 3.77. The van der Waals surface area contributed by atoms with E-state index < -0.39 is 5.97 Å². The van der Waals surface area contributed by atoms with Crippen LogP contribution in [0, 0.1) is 6.92 Å². The van der Waals surface area contributed by atoms with Crippen LogP contribution in [0.5, 0.6) is 0 Å². The van der Waals surface area contributed by atoms with Crippen molar-refractivity contribution in [3.05, 3.63) is 35.7 Å². The van der Waals surface area contributed by atoms with E-state index >= 15 is 0 Å². The highest BCUT2D eigenvalue weighted by molar-refractivity contribution is 5.85. The molecule has 0 radical (unpaired) electrons. The van der Waals surface area contributed by atoms with Crippen molar-refractivity contribution in [2.45, 2.75) is 6.92 Å². The molecule has 0 bridgehead atoms. The van der Waals surface area contributed by atoms with Crippen molar-refractivity contribution in [2.75, 3.05) is 18.2 Å². The Morgan fingerprint density at radius 2 is 2.00 bits per heavy atom. The maximum Gasteiger partial charge on any atom is 0.376 e. The van der Waals surface area contributed by atoms with Crippen LogP contribution in [0.4, 0.5) is 17.6 Å². The maximum atomic E-state index is 11.4. The summed E-state index contributed by atoms with van der Waals surface area (Å²) in [6, 6.07) is 7.60. The molecule has 0 amide bonds. The van der Waals surface area contributed by atoms with Gasteiger partial charge >= 0.3 is 5.97 Å². The Balaban J connectivity index is 2.33. The van der Waals surface area contributed by atoms with Crippen LogP contribution in [0.1, 0.15) is 16.2 Å². The van der Waals surface area contributed by atoms with Crippen LogP contribution < -0.4 is 11.1 Å². The van der Waals surface area contributed by atoms with Crippen molar-refractivity contribution in [1.29, 1.82) is 0 Å². The van der Waals surface area contributed by atoms with Crippen LogP contribution in [0.25, 0.3) is 0 Å². The Labute approximate surface area is 109 Å². The van der Waals surface area contributed by atoms with Gasteiger partial charge < -0.3 is 15.8 Å². The van der Waals surface area contributed by atoms with Gasteiger partial charge in [0.2, 0.25) is 17.7 Å². The largest absolute Gasteiger partial charge is 0.463 e. The van der Waals surface area contributed by atoms with Crippen molar-refractivity contribution < 1.29 is 9.53 Å². The normalized spacial score (nSPS) is 10.0. The summed E-state index contributed by atoms with van der Waals surface area (Å²) >= 11 is 0. The molecule has 3 N–H and O–H groups in total. The Morgan fingerprint density at radius 1 is 1.26 bits per heavy atom. The molecule has 7 nitrogen and oxygen atoms in total. The van der Waals surface area contributed by atoms with Gasteiger partial charge in [-0.05, 0) is 18.6 Å². The minimum Gasteiger partial charge on any atom is -0.463 e. The lowest BCUT2D eigenvalue weighted by Crippen LogP contribution is -2.13.